The molecule has 0 aromatic rings. The first-order valence-electron chi connectivity index (χ1n) is 8.76. The predicted molar refractivity (Wildman–Crippen MR) is 94.2 cm³/mol. The summed E-state index contributed by atoms with van der Waals surface area (Å²) in [7, 11) is 0. The lowest BCUT2D eigenvalue weighted by Crippen LogP contribution is -2.33. The smallest absolute Gasteiger partial charge is 0.320 e. The summed E-state index contributed by atoms with van der Waals surface area (Å²) in [5.74, 6) is -1.16. The topological polar surface area (TPSA) is 113 Å². The van der Waals surface area contributed by atoms with E-state index in [1.54, 1.807) is 0 Å². The van der Waals surface area contributed by atoms with Gasteiger partial charge in [-0.2, -0.15) is 0 Å². The number of nitrogens with one attached hydrogen (secondary N) is 1. The van der Waals surface area contributed by atoms with Gasteiger partial charge in [-0.25, -0.2) is 0 Å². The van der Waals surface area contributed by atoms with Gasteiger partial charge >= 0.3 is 11.9 Å². The van der Waals surface area contributed by atoms with Crippen LogP contribution in [-0.4, -0.2) is 88.6 Å². The van der Waals surface area contributed by atoms with Crippen molar-refractivity contribution in [2.24, 2.45) is 0 Å². The van der Waals surface area contributed by atoms with Crippen LogP contribution >= 0.6 is 0 Å². The van der Waals surface area contributed by atoms with Gasteiger partial charge in [-0.05, 0) is 20.8 Å². The number of ether oxygens (including phenoxy) is 5. The zero-order valence-corrected chi connectivity index (χ0v) is 16.1. The van der Waals surface area contributed by atoms with E-state index in [4.69, 9.17) is 28.8 Å². The number of aliphatic carboxylic acids is 1. The molecule has 0 spiro atoms. The number of esters is 1. The van der Waals surface area contributed by atoms with Crippen molar-refractivity contribution in [3.8, 4) is 0 Å². The summed E-state index contributed by atoms with van der Waals surface area (Å²) in [4.78, 5) is 21.7. The van der Waals surface area contributed by atoms with Gasteiger partial charge in [-0.15, -0.1) is 0 Å². The third kappa shape index (κ3) is 20.8. The van der Waals surface area contributed by atoms with Crippen molar-refractivity contribution in [2.45, 2.75) is 32.8 Å². The second kappa shape index (κ2) is 16.0. The molecule has 0 bridgehead atoms. The summed E-state index contributed by atoms with van der Waals surface area (Å²) in [6.07, 6.45) is -0.000363. The molecule has 0 aromatic heterocycles. The number of hydrogen-bond acceptors (Lipinski definition) is 8. The van der Waals surface area contributed by atoms with Crippen molar-refractivity contribution >= 4 is 11.9 Å². The molecule has 0 saturated carbocycles. The van der Waals surface area contributed by atoms with E-state index in [9.17, 15) is 9.59 Å². The molecule has 9 heteroatoms. The molecule has 0 unspecified atom stereocenters. The molecule has 26 heavy (non-hydrogen) atoms. The van der Waals surface area contributed by atoms with Gasteiger partial charge in [0, 0.05) is 6.54 Å². The zero-order chi connectivity index (χ0) is 19.7. The molecule has 0 rings (SSSR count). The van der Waals surface area contributed by atoms with Crippen molar-refractivity contribution in [3.63, 3.8) is 0 Å². The molecule has 0 atom stereocenters. The average Bonchev–Trinajstić information content (AvgIpc) is 2.52. The maximum atomic E-state index is 11.4. The molecular formula is C17H33NO8. The van der Waals surface area contributed by atoms with E-state index in [2.05, 4.69) is 5.32 Å². The molecule has 0 heterocycles. The summed E-state index contributed by atoms with van der Waals surface area (Å²) in [5.41, 5.74) is -0.469. The van der Waals surface area contributed by atoms with Gasteiger partial charge in [0.2, 0.25) is 0 Å². The Kier molecular flexibility index (Phi) is 15.2. The van der Waals surface area contributed by atoms with Gasteiger partial charge in [0.25, 0.3) is 0 Å². The summed E-state index contributed by atoms with van der Waals surface area (Å²) < 4.78 is 26.2. The number of carboxylic acids is 1. The molecule has 0 amide bonds. The van der Waals surface area contributed by atoms with Crippen molar-refractivity contribution < 1.29 is 38.4 Å². The highest BCUT2D eigenvalue weighted by atomic mass is 16.6. The van der Waals surface area contributed by atoms with Gasteiger partial charge in [0.15, 0.2) is 0 Å². The number of rotatable bonds is 17. The summed E-state index contributed by atoms with van der Waals surface area (Å²) in [5, 5.41) is 11.4. The minimum atomic E-state index is -0.875. The Hall–Kier alpha value is -1.26. The fourth-order valence-corrected chi connectivity index (χ4v) is 1.63. The molecule has 2 N–H and O–H groups in total. The Balaban J connectivity index is 3.16. The third-order valence-corrected chi connectivity index (χ3v) is 2.69. The number of carboxylic acid groups (broad SMARTS) is 1. The van der Waals surface area contributed by atoms with Crippen molar-refractivity contribution in [1.29, 1.82) is 0 Å². The first kappa shape index (κ1) is 24.7. The molecule has 0 aromatic carbocycles. The molecule has 0 radical (unpaired) electrons. The Morgan fingerprint density at radius 3 is 1.73 bits per heavy atom. The molecule has 9 nitrogen and oxygen atoms in total. The fraction of sp³-hybridized carbons (Fsp3) is 0.882. The lowest BCUT2D eigenvalue weighted by atomic mass is 10.2. The SMILES string of the molecule is CC(C)(C)OC(=O)CNCCOCCOCCOCCOCCC(=O)O. The molecular weight excluding hydrogens is 346 g/mol. The lowest BCUT2D eigenvalue weighted by molar-refractivity contribution is -0.153. The number of carbonyl (C=O) groups is 2. The zero-order valence-electron chi connectivity index (χ0n) is 16.1. The fourth-order valence-electron chi connectivity index (χ4n) is 1.63. The maximum Gasteiger partial charge on any atom is 0.320 e. The second-order valence-electron chi connectivity index (χ2n) is 6.36. The van der Waals surface area contributed by atoms with Gasteiger partial charge in [0.05, 0.1) is 65.8 Å². The van der Waals surface area contributed by atoms with Crippen LogP contribution in [0.2, 0.25) is 0 Å². The van der Waals surface area contributed by atoms with E-state index in [0.717, 1.165) is 0 Å². The second-order valence-corrected chi connectivity index (χ2v) is 6.36. The highest BCUT2D eigenvalue weighted by Crippen LogP contribution is 2.05. The van der Waals surface area contributed by atoms with Crippen LogP contribution in [0, 0.1) is 0 Å². The minimum Gasteiger partial charge on any atom is -0.481 e. The Labute approximate surface area is 155 Å². The summed E-state index contributed by atoms with van der Waals surface area (Å²) >= 11 is 0. The van der Waals surface area contributed by atoms with Crippen LogP contribution in [0.1, 0.15) is 27.2 Å². The van der Waals surface area contributed by atoms with Crippen molar-refractivity contribution in [1.82, 2.24) is 5.32 Å². The molecule has 0 saturated heterocycles. The monoisotopic (exact) mass is 379 g/mol. The standard InChI is InChI=1S/C17H33NO8/c1-17(2,3)26-16(21)14-18-5-7-23-9-11-25-13-12-24-10-8-22-6-4-15(19)20/h18H,4-14H2,1-3H3,(H,19,20). The highest BCUT2D eigenvalue weighted by molar-refractivity contribution is 5.72. The van der Waals surface area contributed by atoms with Gasteiger partial charge in [-0.1, -0.05) is 0 Å². The number of hydrogen-bond donors (Lipinski definition) is 2. The van der Waals surface area contributed by atoms with E-state index < -0.39 is 11.6 Å². The third-order valence-electron chi connectivity index (χ3n) is 2.69. The van der Waals surface area contributed by atoms with E-state index in [1.165, 1.54) is 0 Å². The van der Waals surface area contributed by atoms with Crippen molar-refractivity contribution in [3.05, 3.63) is 0 Å². The first-order valence-corrected chi connectivity index (χ1v) is 8.76. The van der Waals surface area contributed by atoms with Crippen LogP contribution < -0.4 is 5.32 Å². The predicted octanol–water partition coefficient (Wildman–Crippen LogP) is 0.459. The van der Waals surface area contributed by atoms with Gasteiger partial charge < -0.3 is 34.1 Å². The Bertz CT molecular complexity index is 370. The maximum absolute atomic E-state index is 11.4. The first-order chi connectivity index (χ1) is 12.3. The summed E-state index contributed by atoms with van der Waals surface area (Å²) in [6, 6.07) is 0. The van der Waals surface area contributed by atoms with Crippen LogP contribution in [0.4, 0.5) is 0 Å². The van der Waals surface area contributed by atoms with Crippen LogP contribution in [-0.2, 0) is 33.3 Å². The van der Waals surface area contributed by atoms with E-state index in [0.29, 0.717) is 52.8 Å². The Morgan fingerprint density at radius 1 is 0.808 bits per heavy atom. The van der Waals surface area contributed by atoms with Crippen LogP contribution in [0.25, 0.3) is 0 Å². The van der Waals surface area contributed by atoms with E-state index in [1.807, 2.05) is 20.8 Å². The van der Waals surface area contributed by atoms with E-state index in [-0.39, 0.29) is 25.5 Å². The van der Waals surface area contributed by atoms with E-state index >= 15 is 0 Å². The summed E-state index contributed by atoms with van der Waals surface area (Å²) in [6.45, 7) is 9.48. The average molecular weight is 379 g/mol. The quantitative estimate of drug-likeness (QED) is 0.275. The minimum absolute atomic E-state index is 0.000363. The number of carbonyl (C=O) groups excluding carboxylic acids is 1. The molecule has 0 aliphatic carbocycles. The van der Waals surface area contributed by atoms with Crippen LogP contribution in [0.3, 0.4) is 0 Å². The largest absolute Gasteiger partial charge is 0.481 e. The Morgan fingerprint density at radius 2 is 1.27 bits per heavy atom. The van der Waals surface area contributed by atoms with Crippen LogP contribution in [0.5, 0.6) is 0 Å². The highest BCUT2D eigenvalue weighted by Gasteiger charge is 2.15. The van der Waals surface area contributed by atoms with Crippen molar-refractivity contribution in [2.75, 3.05) is 65.9 Å². The molecule has 0 aliphatic heterocycles. The van der Waals surface area contributed by atoms with Crippen LogP contribution in [0.15, 0.2) is 0 Å². The lowest BCUT2D eigenvalue weighted by Gasteiger charge is -2.19. The van der Waals surface area contributed by atoms with Gasteiger partial charge in [0.1, 0.15) is 5.60 Å². The molecule has 0 fully saturated rings. The molecule has 0 aliphatic rings. The normalized spacial score (nSPS) is 11.5. The van der Waals surface area contributed by atoms with Gasteiger partial charge in [-0.3, -0.25) is 9.59 Å². The molecule has 154 valence electrons.